The molecule has 0 unspecified atom stereocenters. The number of H-pyrrole nitrogens is 1. The van der Waals surface area contributed by atoms with Gasteiger partial charge in [0.2, 0.25) is 0 Å². The number of carbonyl (C=O) groups is 1. The fourth-order valence-corrected chi connectivity index (χ4v) is 2.11. The molecule has 0 saturated carbocycles. The van der Waals surface area contributed by atoms with E-state index in [1.165, 1.54) is 12.1 Å². The molecule has 0 saturated heterocycles. The molecule has 1 amide bonds. The lowest BCUT2D eigenvalue weighted by Crippen LogP contribution is -2.22. The number of rotatable bonds is 3. The summed E-state index contributed by atoms with van der Waals surface area (Å²) >= 11 is 0. The van der Waals surface area contributed by atoms with Crippen LogP contribution in [0.25, 0.3) is 10.9 Å². The summed E-state index contributed by atoms with van der Waals surface area (Å²) in [5.41, 5.74) is 2.00. The molecule has 4 heteroatoms. The summed E-state index contributed by atoms with van der Waals surface area (Å²) in [5, 5.41) is 3.23. The fraction of sp³-hybridized carbons (Fsp3) is 0.0625. The summed E-state index contributed by atoms with van der Waals surface area (Å²) in [4.78, 5) is 15.0. The van der Waals surface area contributed by atoms with Crippen LogP contribution in [0.5, 0.6) is 0 Å². The lowest BCUT2D eigenvalue weighted by Gasteiger charge is -2.03. The summed E-state index contributed by atoms with van der Waals surface area (Å²) in [7, 11) is 0. The molecule has 0 bridgehead atoms. The average Bonchev–Trinajstić information content (AvgIpc) is 2.91. The Morgan fingerprint density at radius 2 is 1.90 bits per heavy atom. The van der Waals surface area contributed by atoms with Crippen molar-refractivity contribution in [2.75, 3.05) is 0 Å². The minimum atomic E-state index is -0.333. The molecule has 20 heavy (non-hydrogen) atoms. The Balaban J connectivity index is 1.77. The molecule has 0 aliphatic rings. The molecule has 3 aromatic rings. The zero-order valence-electron chi connectivity index (χ0n) is 10.7. The second-order valence-corrected chi connectivity index (χ2v) is 4.55. The predicted octanol–water partition coefficient (Wildman–Crippen LogP) is 3.24. The van der Waals surface area contributed by atoms with Crippen molar-refractivity contribution in [3.05, 3.63) is 71.7 Å². The number of aromatic nitrogens is 1. The van der Waals surface area contributed by atoms with E-state index in [2.05, 4.69) is 10.3 Å². The topological polar surface area (TPSA) is 44.9 Å². The Bertz CT molecular complexity index is 750. The number of aromatic amines is 1. The second-order valence-electron chi connectivity index (χ2n) is 4.55. The molecule has 1 aromatic heterocycles. The van der Waals surface area contributed by atoms with Gasteiger partial charge in [0.1, 0.15) is 11.5 Å². The van der Waals surface area contributed by atoms with Crippen molar-refractivity contribution in [1.82, 2.24) is 10.3 Å². The highest BCUT2D eigenvalue weighted by Crippen LogP contribution is 2.18. The molecule has 3 rings (SSSR count). The third kappa shape index (κ3) is 2.40. The van der Waals surface area contributed by atoms with Crippen molar-refractivity contribution in [3.8, 4) is 0 Å². The molecule has 3 nitrogen and oxygen atoms in total. The van der Waals surface area contributed by atoms with E-state index in [0.29, 0.717) is 23.1 Å². The maximum atomic E-state index is 13.6. The number of halogens is 1. The van der Waals surface area contributed by atoms with Gasteiger partial charge in [-0.1, -0.05) is 36.4 Å². The van der Waals surface area contributed by atoms with Crippen molar-refractivity contribution in [2.45, 2.75) is 6.54 Å². The van der Waals surface area contributed by atoms with Crippen LogP contribution < -0.4 is 5.32 Å². The Kier molecular flexibility index (Phi) is 3.21. The average molecular weight is 268 g/mol. The number of benzene rings is 2. The highest BCUT2D eigenvalue weighted by atomic mass is 19.1. The second kappa shape index (κ2) is 5.17. The van der Waals surface area contributed by atoms with Crippen LogP contribution >= 0.6 is 0 Å². The first-order valence-electron chi connectivity index (χ1n) is 6.33. The molecular formula is C16H13FN2O. The Hall–Kier alpha value is -2.62. The van der Waals surface area contributed by atoms with Crippen molar-refractivity contribution < 1.29 is 9.18 Å². The van der Waals surface area contributed by atoms with E-state index >= 15 is 0 Å². The highest BCUT2D eigenvalue weighted by molar-refractivity contribution is 5.98. The summed E-state index contributed by atoms with van der Waals surface area (Å²) < 4.78 is 13.6. The fourth-order valence-electron chi connectivity index (χ4n) is 2.11. The lowest BCUT2D eigenvalue weighted by molar-refractivity contribution is 0.0947. The summed E-state index contributed by atoms with van der Waals surface area (Å²) in [5.74, 6) is -0.578. The van der Waals surface area contributed by atoms with Gasteiger partial charge in [-0.15, -0.1) is 0 Å². The molecule has 2 aromatic carbocycles. The van der Waals surface area contributed by atoms with Crippen LogP contribution in [0.4, 0.5) is 4.39 Å². The summed E-state index contributed by atoms with van der Waals surface area (Å²) in [6.45, 7) is 0.442. The van der Waals surface area contributed by atoms with Gasteiger partial charge >= 0.3 is 0 Å². The van der Waals surface area contributed by atoms with E-state index in [1.54, 1.807) is 12.1 Å². The van der Waals surface area contributed by atoms with Crippen molar-refractivity contribution in [3.63, 3.8) is 0 Å². The smallest absolute Gasteiger partial charge is 0.267 e. The van der Waals surface area contributed by atoms with Gasteiger partial charge in [-0.3, -0.25) is 4.79 Å². The number of nitrogens with one attached hydrogen (secondary N) is 2. The molecule has 0 spiro atoms. The van der Waals surface area contributed by atoms with Crippen molar-refractivity contribution >= 4 is 16.8 Å². The first-order valence-corrected chi connectivity index (χ1v) is 6.33. The van der Waals surface area contributed by atoms with Crippen molar-refractivity contribution in [2.24, 2.45) is 0 Å². The number of hydrogen-bond acceptors (Lipinski definition) is 1. The van der Waals surface area contributed by atoms with Gasteiger partial charge < -0.3 is 10.3 Å². The van der Waals surface area contributed by atoms with Gasteiger partial charge in [-0.2, -0.15) is 0 Å². The number of amides is 1. The molecule has 100 valence electrons. The maximum absolute atomic E-state index is 13.6. The van der Waals surface area contributed by atoms with E-state index in [1.807, 2.05) is 30.3 Å². The quantitative estimate of drug-likeness (QED) is 0.752. The SMILES string of the molecule is O=C(NCc1ccccc1)c1cc2c(F)cccc2[nH]1. The molecule has 0 aliphatic heterocycles. The van der Waals surface area contributed by atoms with Gasteiger partial charge in [0.15, 0.2) is 0 Å². The number of hydrogen-bond donors (Lipinski definition) is 2. The first kappa shape index (κ1) is 12.4. The minimum Gasteiger partial charge on any atom is -0.350 e. The monoisotopic (exact) mass is 268 g/mol. The van der Waals surface area contributed by atoms with E-state index in [4.69, 9.17) is 0 Å². The minimum absolute atomic E-state index is 0.246. The number of carbonyl (C=O) groups excluding carboxylic acids is 1. The third-order valence-corrected chi connectivity index (χ3v) is 3.15. The van der Waals surface area contributed by atoms with Crippen LogP contribution in [0.1, 0.15) is 16.1 Å². The van der Waals surface area contributed by atoms with E-state index in [-0.39, 0.29) is 11.7 Å². The van der Waals surface area contributed by atoms with Crippen LogP contribution in [0.2, 0.25) is 0 Å². The highest BCUT2D eigenvalue weighted by Gasteiger charge is 2.11. The maximum Gasteiger partial charge on any atom is 0.267 e. The standard InChI is InChI=1S/C16H13FN2O/c17-13-7-4-8-14-12(13)9-15(19-14)16(20)18-10-11-5-2-1-3-6-11/h1-9,19H,10H2,(H,18,20). The molecular weight excluding hydrogens is 255 g/mol. The van der Waals surface area contributed by atoms with Crippen LogP contribution in [0.3, 0.4) is 0 Å². The van der Waals surface area contributed by atoms with Gasteiger partial charge in [0.25, 0.3) is 5.91 Å². The number of fused-ring (bicyclic) bond motifs is 1. The summed E-state index contributed by atoms with van der Waals surface area (Å²) in [6, 6.07) is 15.9. The first-order chi connectivity index (χ1) is 9.74. The molecule has 0 fully saturated rings. The van der Waals surface area contributed by atoms with Gasteiger partial charge in [0, 0.05) is 17.4 Å². The van der Waals surface area contributed by atoms with Gasteiger partial charge in [-0.05, 0) is 23.8 Å². The van der Waals surface area contributed by atoms with Crippen LogP contribution in [-0.2, 0) is 6.54 Å². The zero-order valence-corrected chi connectivity index (χ0v) is 10.7. The zero-order chi connectivity index (χ0) is 13.9. The largest absolute Gasteiger partial charge is 0.350 e. The third-order valence-electron chi connectivity index (χ3n) is 3.15. The Morgan fingerprint density at radius 3 is 2.65 bits per heavy atom. The van der Waals surface area contributed by atoms with Crippen LogP contribution in [-0.4, -0.2) is 10.9 Å². The molecule has 0 aliphatic carbocycles. The predicted molar refractivity (Wildman–Crippen MR) is 75.9 cm³/mol. The van der Waals surface area contributed by atoms with Crippen molar-refractivity contribution in [1.29, 1.82) is 0 Å². The van der Waals surface area contributed by atoms with Crippen LogP contribution in [0.15, 0.2) is 54.6 Å². The van der Waals surface area contributed by atoms with E-state index in [9.17, 15) is 9.18 Å². The Morgan fingerprint density at radius 1 is 1.10 bits per heavy atom. The van der Waals surface area contributed by atoms with E-state index in [0.717, 1.165) is 5.56 Å². The van der Waals surface area contributed by atoms with E-state index < -0.39 is 0 Å². The molecule has 0 radical (unpaired) electrons. The molecule has 2 N–H and O–H groups in total. The normalized spacial score (nSPS) is 10.7. The lowest BCUT2D eigenvalue weighted by atomic mass is 10.2. The van der Waals surface area contributed by atoms with Crippen LogP contribution in [0, 0.1) is 5.82 Å². The molecule has 0 atom stereocenters. The molecule has 1 heterocycles. The Labute approximate surface area is 115 Å². The van der Waals surface area contributed by atoms with Gasteiger partial charge in [-0.25, -0.2) is 4.39 Å². The van der Waals surface area contributed by atoms with Gasteiger partial charge in [0.05, 0.1) is 0 Å². The summed E-state index contributed by atoms with van der Waals surface area (Å²) in [6.07, 6.45) is 0.